The zero-order valence-electron chi connectivity index (χ0n) is 9.54. The van der Waals surface area contributed by atoms with Gasteiger partial charge in [-0.25, -0.2) is 0 Å². The summed E-state index contributed by atoms with van der Waals surface area (Å²) in [7, 11) is 0. The molecule has 0 N–H and O–H groups in total. The number of halogens is 1. The lowest BCUT2D eigenvalue weighted by Gasteiger charge is -2.04. The van der Waals surface area contributed by atoms with Gasteiger partial charge in [0, 0.05) is 30.5 Å². The van der Waals surface area contributed by atoms with Crippen molar-refractivity contribution in [2.45, 2.75) is 26.2 Å². The van der Waals surface area contributed by atoms with Crippen molar-refractivity contribution in [2.75, 3.05) is 13.2 Å². The van der Waals surface area contributed by atoms with Gasteiger partial charge in [0.1, 0.15) is 5.78 Å². The van der Waals surface area contributed by atoms with E-state index in [0.717, 1.165) is 23.1 Å². The molecule has 1 aromatic carbocycles. The molecule has 3 heteroatoms. The van der Waals surface area contributed by atoms with Crippen LogP contribution in [0.15, 0.2) is 28.7 Å². The largest absolute Gasteiger partial charge is 0.382 e. The van der Waals surface area contributed by atoms with Crippen LogP contribution in [0.4, 0.5) is 0 Å². The van der Waals surface area contributed by atoms with Gasteiger partial charge in [0.25, 0.3) is 0 Å². The number of ether oxygens (including phenoxy) is 1. The lowest BCUT2D eigenvalue weighted by Crippen LogP contribution is -2.05. The van der Waals surface area contributed by atoms with E-state index in [4.69, 9.17) is 4.74 Å². The van der Waals surface area contributed by atoms with Crippen molar-refractivity contribution in [2.24, 2.45) is 0 Å². The van der Waals surface area contributed by atoms with Gasteiger partial charge < -0.3 is 4.74 Å². The fourth-order valence-corrected chi connectivity index (χ4v) is 1.88. The Morgan fingerprint density at radius 2 is 2.12 bits per heavy atom. The monoisotopic (exact) mass is 284 g/mol. The van der Waals surface area contributed by atoms with Crippen LogP contribution in [0, 0.1) is 0 Å². The molecule has 0 aromatic heterocycles. The quantitative estimate of drug-likeness (QED) is 0.718. The Kier molecular flexibility index (Phi) is 6.34. The first kappa shape index (κ1) is 13.4. The van der Waals surface area contributed by atoms with Crippen molar-refractivity contribution >= 4 is 21.7 Å². The van der Waals surface area contributed by atoms with Crippen LogP contribution in [0.5, 0.6) is 0 Å². The number of ketones is 1. The molecule has 0 fully saturated rings. The van der Waals surface area contributed by atoms with Crippen molar-refractivity contribution < 1.29 is 9.53 Å². The van der Waals surface area contributed by atoms with Crippen LogP contribution in [0.1, 0.15) is 25.3 Å². The number of rotatable bonds is 7. The second kappa shape index (κ2) is 7.58. The van der Waals surface area contributed by atoms with Crippen LogP contribution in [0.3, 0.4) is 0 Å². The molecule has 2 nitrogen and oxygen atoms in total. The average Bonchev–Trinajstić information content (AvgIpc) is 2.28. The Morgan fingerprint density at radius 1 is 1.38 bits per heavy atom. The maximum absolute atomic E-state index is 11.7. The van der Waals surface area contributed by atoms with Gasteiger partial charge in [-0.2, -0.15) is 0 Å². The van der Waals surface area contributed by atoms with Gasteiger partial charge in [-0.1, -0.05) is 34.1 Å². The van der Waals surface area contributed by atoms with Gasteiger partial charge in [-0.15, -0.1) is 0 Å². The zero-order valence-corrected chi connectivity index (χ0v) is 11.1. The van der Waals surface area contributed by atoms with E-state index in [1.165, 1.54) is 0 Å². The van der Waals surface area contributed by atoms with Crippen molar-refractivity contribution in [3.05, 3.63) is 34.3 Å². The summed E-state index contributed by atoms with van der Waals surface area (Å²) in [4.78, 5) is 11.7. The number of Topliss-reactive ketones (excluding diaryl/α,β-unsaturated/α-hetero) is 1. The van der Waals surface area contributed by atoms with Gasteiger partial charge in [0.15, 0.2) is 0 Å². The van der Waals surface area contributed by atoms with Crippen LogP contribution in [-0.2, 0) is 16.0 Å². The summed E-state index contributed by atoms with van der Waals surface area (Å²) in [5.74, 6) is 0.270. The summed E-state index contributed by atoms with van der Waals surface area (Å²) in [6, 6.07) is 7.84. The Labute approximate surface area is 105 Å². The average molecular weight is 285 g/mol. The number of carbonyl (C=O) groups is 1. The maximum atomic E-state index is 11.7. The molecule has 0 heterocycles. The Hall–Kier alpha value is -0.670. The Morgan fingerprint density at radius 3 is 2.81 bits per heavy atom. The van der Waals surface area contributed by atoms with E-state index in [9.17, 15) is 4.79 Å². The molecular formula is C13H17BrO2. The number of carbonyl (C=O) groups excluding carboxylic acids is 1. The molecule has 0 atom stereocenters. The third-order valence-corrected chi connectivity index (χ3v) is 3.07. The fourth-order valence-electron chi connectivity index (χ4n) is 1.46. The summed E-state index contributed by atoms with van der Waals surface area (Å²) in [5, 5.41) is 0. The fraction of sp³-hybridized carbons (Fsp3) is 0.462. The minimum Gasteiger partial charge on any atom is -0.382 e. The highest BCUT2D eigenvalue weighted by Gasteiger charge is 2.05. The van der Waals surface area contributed by atoms with Crippen LogP contribution in [0.25, 0.3) is 0 Å². The van der Waals surface area contributed by atoms with E-state index in [1.54, 1.807) is 0 Å². The van der Waals surface area contributed by atoms with E-state index in [1.807, 2.05) is 31.2 Å². The second-order valence-electron chi connectivity index (χ2n) is 3.61. The maximum Gasteiger partial charge on any atom is 0.137 e. The first-order chi connectivity index (χ1) is 7.74. The second-order valence-corrected chi connectivity index (χ2v) is 4.46. The van der Waals surface area contributed by atoms with Crippen molar-refractivity contribution in [3.8, 4) is 0 Å². The minimum atomic E-state index is 0.270. The smallest absolute Gasteiger partial charge is 0.137 e. The first-order valence-electron chi connectivity index (χ1n) is 5.57. The lowest BCUT2D eigenvalue weighted by molar-refractivity contribution is -0.118. The SMILES string of the molecule is CCOCCCC(=O)Cc1ccccc1Br. The molecule has 0 unspecified atom stereocenters. The van der Waals surface area contributed by atoms with Gasteiger partial charge >= 0.3 is 0 Å². The number of benzene rings is 1. The van der Waals surface area contributed by atoms with Crippen molar-refractivity contribution in [1.29, 1.82) is 0 Å². The van der Waals surface area contributed by atoms with E-state index in [0.29, 0.717) is 19.4 Å². The van der Waals surface area contributed by atoms with E-state index in [-0.39, 0.29) is 5.78 Å². The standard InChI is InChI=1S/C13H17BrO2/c1-2-16-9-5-7-12(15)10-11-6-3-4-8-13(11)14/h3-4,6,8H,2,5,7,9-10H2,1H3. The minimum absolute atomic E-state index is 0.270. The summed E-state index contributed by atoms with van der Waals surface area (Å²) in [6.45, 7) is 3.36. The first-order valence-corrected chi connectivity index (χ1v) is 6.36. The highest BCUT2D eigenvalue weighted by atomic mass is 79.9. The summed E-state index contributed by atoms with van der Waals surface area (Å²) in [6.07, 6.45) is 1.92. The molecule has 0 spiro atoms. The molecule has 0 aliphatic heterocycles. The summed E-state index contributed by atoms with van der Waals surface area (Å²) < 4.78 is 6.20. The molecule has 0 saturated carbocycles. The molecule has 0 radical (unpaired) electrons. The molecule has 88 valence electrons. The van der Waals surface area contributed by atoms with E-state index < -0.39 is 0 Å². The molecule has 16 heavy (non-hydrogen) atoms. The van der Waals surface area contributed by atoms with Crippen LogP contribution >= 0.6 is 15.9 Å². The Bertz CT molecular complexity index is 336. The van der Waals surface area contributed by atoms with E-state index >= 15 is 0 Å². The van der Waals surface area contributed by atoms with Gasteiger partial charge in [0.05, 0.1) is 0 Å². The van der Waals surface area contributed by atoms with Gasteiger partial charge in [0.2, 0.25) is 0 Å². The van der Waals surface area contributed by atoms with E-state index in [2.05, 4.69) is 15.9 Å². The molecule has 0 aliphatic carbocycles. The number of hydrogen-bond donors (Lipinski definition) is 0. The molecule has 1 rings (SSSR count). The molecule has 0 amide bonds. The normalized spacial score (nSPS) is 10.4. The molecule has 0 aliphatic rings. The molecule has 0 bridgehead atoms. The van der Waals surface area contributed by atoms with Gasteiger partial charge in [-0.05, 0) is 25.0 Å². The highest BCUT2D eigenvalue weighted by molar-refractivity contribution is 9.10. The van der Waals surface area contributed by atoms with Crippen LogP contribution in [-0.4, -0.2) is 19.0 Å². The third kappa shape index (κ3) is 4.90. The summed E-state index contributed by atoms with van der Waals surface area (Å²) in [5.41, 5.74) is 1.06. The molecule has 1 aromatic rings. The molecule has 0 saturated heterocycles. The molecular weight excluding hydrogens is 268 g/mol. The zero-order chi connectivity index (χ0) is 11.8. The lowest BCUT2D eigenvalue weighted by atomic mass is 10.1. The predicted octanol–water partition coefficient (Wildman–Crippen LogP) is 3.38. The summed E-state index contributed by atoms with van der Waals surface area (Å²) >= 11 is 3.44. The van der Waals surface area contributed by atoms with Crippen molar-refractivity contribution in [3.63, 3.8) is 0 Å². The highest BCUT2D eigenvalue weighted by Crippen LogP contribution is 2.17. The predicted molar refractivity (Wildman–Crippen MR) is 68.6 cm³/mol. The third-order valence-electron chi connectivity index (χ3n) is 2.29. The van der Waals surface area contributed by atoms with Crippen molar-refractivity contribution in [1.82, 2.24) is 0 Å². The topological polar surface area (TPSA) is 26.3 Å². The van der Waals surface area contributed by atoms with Crippen LogP contribution in [0.2, 0.25) is 0 Å². The van der Waals surface area contributed by atoms with Gasteiger partial charge in [-0.3, -0.25) is 4.79 Å². The number of hydrogen-bond acceptors (Lipinski definition) is 2. The Balaban J connectivity index is 2.32. The van der Waals surface area contributed by atoms with Crippen LogP contribution < -0.4 is 0 Å².